The number of epoxide rings is 14. The second-order valence-corrected chi connectivity index (χ2v) is 59.0. The van der Waals surface area contributed by atoms with E-state index in [2.05, 4.69) is 92.0 Å². The van der Waals surface area contributed by atoms with Gasteiger partial charge in [-0.3, -0.25) is 14.4 Å². The number of esters is 2. The van der Waals surface area contributed by atoms with Crippen LogP contribution in [0.5, 0.6) is 17.2 Å². The molecule has 0 bridgehead atoms. The van der Waals surface area contributed by atoms with E-state index >= 15 is 0 Å². The van der Waals surface area contributed by atoms with Crippen LogP contribution in [-0.4, -0.2) is 272 Å². The van der Waals surface area contributed by atoms with Gasteiger partial charge in [-0.15, -0.1) is 0 Å². The molecule has 10 saturated carbocycles. The van der Waals surface area contributed by atoms with Gasteiger partial charge in [0.1, 0.15) is 68.3 Å². The van der Waals surface area contributed by atoms with Crippen LogP contribution in [0.4, 0.5) is 0 Å². The zero-order chi connectivity index (χ0) is 100. The topological polar surface area (TPSA) is 310 Å². The standard InChI is InChI=1S/C22H34O6.C21H24O4.C20H38O3Si2.C15H24O4.C14H20O4.C10H16O2.C9H10O2.C6H10O.CH4/c1-21-9-7-15(13-17(21)27-21)19(23)25-11-5-3-4-6-12-26-20(24)16-8-10-22(2)18(14-16)28-22;1-21(2,15-3-7-17(8-4-15)22-11-19-13-24-19)16-5-9-18(10-6-16)23-12-20-14-25-20;1-24(2,11-9-15-5-7-17-19(13-15)21-17)23-25(3,4)12-10-16-6-8-18-20(14-16)22-18;1-3-12-14(18-12)5-10(1)7-16-9-17-8-11-2-4-13-15(6-11)19-13;15-13-9(2-4-11-14(13)18-11)7-16-6-8-1-3-10-12(5-8)17-10;1-9-4-3-7(5-8(9)12-9)10(2)6-11-10;1-2-4-8(5-3-1)10-6-9-7-11-9;1-2-4-6-5(3-1)7-6;/h15-18H,3-14H2,1-2H3;3-10,19-20H,11-14H2,1-2H3;15-20H,5-14H2,1-4H3;10-15H,1-9H2;8-12,14H,1-7H2;7-8H,3-6H2,1-2H3;1-5,9H,6-7H2;5-6H,1-4H2;1H4. The minimum Gasteiger partial charge on any atom is -0.491 e. The molecular weight excluding hydrogens is 1890 g/mol. The number of hydrogen-bond donors (Lipinski definition) is 0. The minimum absolute atomic E-state index is 0. The highest BCUT2D eigenvalue weighted by molar-refractivity contribution is 6.84. The molecule has 10 aliphatic carbocycles. The second-order valence-electron chi connectivity index (χ2n) is 50.1. The molecule has 28 heteroatoms. The maximum absolute atomic E-state index is 12.1. The first kappa shape index (κ1) is 110. The Balaban J connectivity index is 0.000000108. The van der Waals surface area contributed by atoms with E-state index in [-0.39, 0.29) is 107 Å². The molecule has 33 atom stereocenters. The fourth-order valence-corrected chi connectivity index (χ4v) is 34.2. The van der Waals surface area contributed by atoms with Gasteiger partial charge >= 0.3 is 11.9 Å². The zero-order valence-electron chi connectivity index (χ0n) is 89.1. The largest absolute Gasteiger partial charge is 0.491 e. The Labute approximate surface area is 873 Å². The van der Waals surface area contributed by atoms with Crippen molar-refractivity contribution < 1.29 is 123 Å². The average molecular weight is 2070 g/mol. The summed E-state index contributed by atoms with van der Waals surface area (Å²) >= 11 is 0. The summed E-state index contributed by atoms with van der Waals surface area (Å²) in [7, 11) is -3.05. The Kier molecular flexibility index (Phi) is 36.7. The molecule has 0 spiro atoms. The third-order valence-electron chi connectivity index (χ3n) is 36.6. The van der Waals surface area contributed by atoms with Gasteiger partial charge in [-0.2, -0.15) is 0 Å². The summed E-state index contributed by atoms with van der Waals surface area (Å²) in [6.45, 7) is 33.0. The van der Waals surface area contributed by atoms with Crippen molar-refractivity contribution in [2.45, 2.75) is 468 Å². The zero-order valence-corrected chi connectivity index (χ0v) is 91.1. The SMILES string of the molecule is C.C(OCC1CCC2OC2C1)OCC1CCC2OC2C1.C1CCC2OC2C1.CC(C)(c1ccc(OCC2CO2)cc1)c1ccc(OCC2CO2)cc1.CC1(C2CCC3(C)OC3C2)CO1.CC12CCC(C(=O)OCCCCCCOC(=O)C3CCC4(C)OC4C3)CC1O2.C[Si](C)(CCC1CCC2OC2C1)O[Si](C)(C)CCC1CCC2OC2C1.O=C1C(COCC2CCC3OC3C2)CCC2OC12.c1ccc(OCC2CO2)cc1. The lowest BCUT2D eigenvalue weighted by atomic mass is 9.77. The first-order valence-electron chi connectivity index (χ1n) is 57.6. The summed E-state index contributed by atoms with van der Waals surface area (Å²) in [6, 6.07) is 29.2. The molecule has 14 heterocycles. The first-order chi connectivity index (χ1) is 70.0. The van der Waals surface area contributed by atoms with E-state index in [0.29, 0.717) is 150 Å². The first-order valence-corrected chi connectivity index (χ1v) is 63.8. The molecule has 3 aromatic rings. The lowest BCUT2D eigenvalue weighted by Gasteiger charge is -2.36. The molecule has 0 aromatic heterocycles. The number of unbranched alkanes of at least 4 members (excludes halogenated alkanes) is 3. The van der Waals surface area contributed by atoms with Gasteiger partial charge in [0, 0.05) is 17.9 Å². The van der Waals surface area contributed by atoms with Crippen molar-refractivity contribution >= 4 is 34.4 Å². The number of ether oxygens (including phenoxy) is 22. The van der Waals surface area contributed by atoms with E-state index in [0.717, 1.165) is 165 Å². The van der Waals surface area contributed by atoms with Crippen LogP contribution in [0.15, 0.2) is 78.9 Å². The third-order valence-corrected chi connectivity index (χ3v) is 44.0. The Hall–Kier alpha value is -4.62. The molecule has 3 aromatic carbocycles. The van der Waals surface area contributed by atoms with Crippen molar-refractivity contribution in [3.63, 3.8) is 0 Å². The normalized spacial score (nSPS) is 39.7. The number of fused-ring (bicyclic) bond motifs is 10. The molecule has 816 valence electrons. The minimum atomic E-state index is -1.53. The predicted molar refractivity (Wildman–Crippen MR) is 557 cm³/mol. The second kappa shape index (κ2) is 48.8. The Bertz CT molecular complexity index is 4410. The number of Topliss-reactive ketones (excluding diaryl/α,β-unsaturated/α-hetero) is 1. The molecule has 0 amide bonds. The molecule has 14 saturated heterocycles. The van der Waals surface area contributed by atoms with E-state index in [1.54, 1.807) is 0 Å². The number of benzene rings is 3. The molecule has 0 N–H and O–H groups in total. The van der Waals surface area contributed by atoms with Gasteiger partial charge in [0.25, 0.3) is 0 Å². The maximum atomic E-state index is 12.1. The van der Waals surface area contributed by atoms with Crippen LogP contribution < -0.4 is 14.2 Å². The van der Waals surface area contributed by atoms with Crippen molar-refractivity contribution in [3.8, 4) is 17.2 Å². The van der Waals surface area contributed by atoms with Gasteiger partial charge in [-0.1, -0.05) is 89.4 Å². The highest BCUT2D eigenvalue weighted by Crippen LogP contribution is 2.56. The molecule has 26 nitrogen and oxygen atoms in total. The van der Waals surface area contributed by atoms with Crippen LogP contribution in [0, 0.1) is 53.3 Å². The maximum Gasteiger partial charge on any atom is 0.309 e. The van der Waals surface area contributed by atoms with Gasteiger partial charge in [0.15, 0.2) is 22.4 Å². The summed E-state index contributed by atoms with van der Waals surface area (Å²) in [5.41, 5.74) is 3.00. The molecule has 24 fully saturated rings. The van der Waals surface area contributed by atoms with Crippen molar-refractivity contribution in [1.82, 2.24) is 0 Å². The summed E-state index contributed by atoms with van der Waals surface area (Å²) < 4.78 is 128. The van der Waals surface area contributed by atoms with Crippen LogP contribution in [-0.2, 0) is 114 Å². The molecular formula is C118H180O26Si2. The van der Waals surface area contributed by atoms with Gasteiger partial charge in [-0.25, -0.2) is 0 Å². The molecule has 27 rings (SSSR count). The van der Waals surface area contributed by atoms with Crippen LogP contribution in [0.25, 0.3) is 0 Å². The summed E-state index contributed by atoms with van der Waals surface area (Å²) in [5, 5.41) is 0. The third kappa shape index (κ3) is 32.8. The number of rotatable bonds is 39. The molecule has 24 aliphatic rings. The van der Waals surface area contributed by atoms with Gasteiger partial charge in [-0.05, 0) is 354 Å². The van der Waals surface area contributed by atoms with E-state index in [1.165, 1.54) is 171 Å². The number of ketones is 1. The highest BCUT2D eigenvalue weighted by atomic mass is 28.4. The van der Waals surface area contributed by atoms with Crippen LogP contribution in [0.3, 0.4) is 0 Å². The Morgan fingerprint density at radius 2 is 0.753 bits per heavy atom. The van der Waals surface area contributed by atoms with E-state index < -0.39 is 16.6 Å². The lowest BCUT2D eigenvalue weighted by Crippen LogP contribution is -2.44. The summed E-state index contributed by atoms with van der Waals surface area (Å²) in [4.78, 5) is 36.1. The fourth-order valence-electron chi connectivity index (χ4n) is 25.2. The van der Waals surface area contributed by atoms with E-state index in [9.17, 15) is 14.4 Å². The fraction of sp³-hybridized carbons (Fsp3) is 0.822. The van der Waals surface area contributed by atoms with E-state index in [1.807, 2.05) is 54.6 Å². The molecule has 14 aliphatic heterocycles. The quantitative estimate of drug-likeness (QED) is 0.0168. The summed E-state index contributed by atoms with van der Waals surface area (Å²) in [6.07, 6.45) is 51.4. The highest BCUT2D eigenvalue weighted by Gasteiger charge is 2.62. The predicted octanol–water partition coefficient (Wildman–Crippen LogP) is 21.0. The Morgan fingerprint density at radius 1 is 0.384 bits per heavy atom. The lowest BCUT2D eigenvalue weighted by molar-refractivity contribution is -0.150. The van der Waals surface area contributed by atoms with Crippen molar-refractivity contribution in [2.24, 2.45) is 53.3 Å². The van der Waals surface area contributed by atoms with Gasteiger partial charge < -0.3 is 108 Å². The number of carbonyl (C=O) groups is 3. The molecule has 146 heavy (non-hydrogen) atoms. The smallest absolute Gasteiger partial charge is 0.309 e. The van der Waals surface area contributed by atoms with Crippen molar-refractivity contribution in [1.29, 1.82) is 0 Å². The van der Waals surface area contributed by atoms with Crippen LogP contribution in [0.1, 0.15) is 291 Å². The average Bonchev–Trinajstić information content (AvgIpc) is 1.57. The van der Waals surface area contributed by atoms with Crippen molar-refractivity contribution in [2.75, 3.05) is 92.7 Å². The van der Waals surface area contributed by atoms with Gasteiger partial charge in [0.2, 0.25) is 0 Å². The molecule has 33 unspecified atom stereocenters. The number of para-hydroxylation sites is 1. The number of carbonyl (C=O) groups excluding carboxylic acids is 3. The Morgan fingerprint density at radius 3 is 1.14 bits per heavy atom. The monoisotopic (exact) mass is 2070 g/mol. The van der Waals surface area contributed by atoms with Crippen molar-refractivity contribution in [3.05, 3.63) is 90.0 Å². The van der Waals surface area contributed by atoms with E-state index in [4.69, 9.17) is 108 Å². The summed E-state index contributed by atoms with van der Waals surface area (Å²) in [5.74, 6) is 7.53. The van der Waals surface area contributed by atoms with Crippen LogP contribution >= 0.6 is 0 Å². The molecule has 0 radical (unpaired) electrons. The van der Waals surface area contributed by atoms with Gasteiger partial charge in [0.05, 0.1) is 191 Å². The number of hydrogen-bond acceptors (Lipinski definition) is 26. The van der Waals surface area contributed by atoms with Crippen LogP contribution in [0.2, 0.25) is 38.3 Å².